The molecule has 1 aromatic heterocycles. The zero-order chi connectivity index (χ0) is 7.56. The lowest BCUT2D eigenvalue weighted by Crippen LogP contribution is -1.87. The van der Waals surface area contributed by atoms with Crippen LogP contribution in [0.3, 0.4) is 0 Å². The maximum Gasteiger partial charge on any atom is 0.317 e. The van der Waals surface area contributed by atoms with Crippen LogP contribution in [0.2, 0.25) is 0 Å². The lowest BCUT2D eigenvalue weighted by atomic mass is 10.4. The van der Waals surface area contributed by atoms with E-state index in [-0.39, 0.29) is 5.56 Å². The zero-order valence-electron chi connectivity index (χ0n) is 4.77. The molecule has 0 saturated carbocycles. The van der Waals surface area contributed by atoms with Gasteiger partial charge in [-0.15, -0.1) is 0 Å². The van der Waals surface area contributed by atoms with E-state index in [2.05, 4.69) is 9.97 Å². The van der Waals surface area contributed by atoms with Crippen LogP contribution in [-0.2, 0) is 4.79 Å². The first kappa shape index (κ1) is 6.47. The number of carbonyl (C=O) groups excluding carboxylic acids is 1. The molecule has 5 heteroatoms. The quantitative estimate of drug-likeness (QED) is 0.539. The van der Waals surface area contributed by atoms with Crippen LogP contribution < -0.4 is 0 Å². The summed E-state index contributed by atoms with van der Waals surface area (Å²) in [5, 5.41) is 17.2. The van der Waals surface area contributed by atoms with Gasteiger partial charge in [0.2, 0.25) is 12.2 Å². The SMILES string of the molecule is O=[C]c1cnc(O)nc1O. The largest absolute Gasteiger partial charge is 0.493 e. The van der Waals surface area contributed by atoms with Crippen LogP contribution in [-0.4, -0.2) is 26.5 Å². The topological polar surface area (TPSA) is 83.3 Å². The van der Waals surface area contributed by atoms with Gasteiger partial charge in [-0.25, -0.2) is 4.98 Å². The van der Waals surface area contributed by atoms with E-state index in [9.17, 15) is 4.79 Å². The van der Waals surface area contributed by atoms with Gasteiger partial charge in [-0.2, -0.15) is 4.98 Å². The standard InChI is InChI=1S/C5H3N2O3/c8-2-3-1-6-5(10)7-4(3)9/h1H,(H2,6,7,9,10). The molecule has 2 N–H and O–H groups in total. The molecule has 0 spiro atoms. The average Bonchev–Trinajstić information content (AvgIpc) is 1.88. The number of aromatic hydroxyl groups is 2. The normalized spacial score (nSPS) is 9.20. The van der Waals surface area contributed by atoms with Crippen LogP contribution >= 0.6 is 0 Å². The molecule has 0 aliphatic carbocycles. The van der Waals surface area contributed by atoms with Crippen LogP contribution in [0.5, 0.6) is 11.9 Å². The molecule has 10 heavy (non-hydrogen) atoms. The highest BCUT2D eigenvalue weighted by molar-refractivity contribution is 5.77. The first-order valence-electron chi connectivity index (χ1n) is 2.37. The van der Waals surface area contributed by atoms with Gasteiger partial charge in [0.25, 0.3) is 0 Å². The lowest BCUT2D eigenvalue weighted by Gasteiger charge is -1.92. The van der Waals surface area contributed by atoms with E-state index in [0.29, 0.717) is 0 Å². The Morgan fingerprint density at radius 2 is 2.20 bits per heavy atom. The average molecular weight is 139 g/mol. The van der Waals surface area contributed by atoms with Gasteiger partial charge in [0.05, 0.1) is 0 Å². The lowest BCUT2D eigenvalue weighted by molar-refractivity contribution is 0.396. The molecule has 1 aromatic rings. The maximum atomic E-state index is 9.89. The number of rotatable bonds is 1. The summed E-state index contributed by atoms with van der Waals surface area (Å²) in [6.07, 6.45) is 2.36. The second-order valence-electron chi connectivity index (χ2n) is 1.51. The Morgan fingerprint density at radius 1 is 1.50 bits per heavy atom. The van der Waals surface area contributed by atoms with Crippen molar-refractivity contribution in [2.45, 2.75) is 0 Å². The number of hydrogen-bond donors (Lipinski definition) is 2. The minimum Gasteiger partial charge on any atom is -0.493 e. The van der Waals surface area contributed by atoms with Crippen molar-refractivity contribution < 1.29 is 15.0 Å². The molecule has 0 aliphatic heterocycles. The first-order chi connectivity index (χ1) is 4.74. The van der Waals surface area contributed by atoms with E-state index in [4.69, 9.17) is 10.2 Å². The molecule has 1 heterocycles. The van der Waals surface area contributed by atoms with Gasteiger partial charge in [-0.05, 0) is 0 Å². The van der Waals surface area contributed by atoms with Gasteiger partial charge < -0.3 is 10.2 Å². The van der Waals surface area contributed by atoms with Gasteiger partial charge >= 0.3 is 6.01 Å². The highest BCUT2D eigenvalue weighted by Gasteiger charge is 2.02. The van der Waals surface area contributed by atoms with Gasteiger partial charge in [-0.3, -0.25) is 4.79 Å². The fraction of sp³-hybridized carbons (Fsp3) is 0. The molecular formula is C5H3N2O3. The molecule has 0 atom stereocenters. The van der Waals surface area contributed by atoms with Gasteiger partial charge in [0, 0.05) is 6.20 Å². The van der Waals surface area contributed by atoms with E-state index in [0.717, 1.165) is 6.20 Å². The predicted molar refractivity (Wildman–Crippen MR) is 30.2 cm³/mol. The number of nitrogens with zero attached hydrogens (tertiary/aromatic N) is 2. The molecule has 5 nitrogen and oxygen atoms in total. The van der Waals surface area contributed by atoms with Crippen LogP contribution in [0.4, 0.5) is 0 Å². The summed E-state index contributed by atoms with van der Waals surface area (Å²) in [6.45, 7) is 0. The molecule has 0 saturated heterocycles. The Labute approximate surface area is 56.0 Å². The third-order valence-electron chi connectivity index (χ3n) is 0.866. The van der Waals surface area contributed by atoms with Gasteiger partial charge in [0.15, 0.2) is 0 Å². The summed E-state index contributed by atoms with van der Waals surface area (Å²) in [4.78, 5) is 16.2. The van der Waals surface area contributed by atoms with E-state index in [1.54, 1.807) is 0 Å². The molecule has 0 unspecified atom stereocenters. The van der Waals surface area contributed by atoms with Crippen LogP contribution in [0.25, 0.3) is 0 Å². The molecule has 0 amide bonds. The molecule has 0 fully saturated rings. The molecule has 0 aromatic carbocycles. The van der Waals surface area contributed by atoms with E-state index in [1.807, 2.05) is 0 Å². The molecule has 1 radical (unpaired) electrons. The molecule has 51 valence electrons. The van der Waals surface area contributed by atoms with Crippen molar-refractivity contribution in [2.75, 3.05) is 0 Å². The van der Waals surface area contributed by atoms with Gasteiger partial charge in [0.1, 0.15) is 5.56 Å². The molecular weight excluding hydrogens is 136 g/mol. The third kappa shape index (κ3) is 1.02. The monoisotopic (exact) mass is 139 g/mol. The van der Waals surface area contributed by atoms with E-state index in [1.165, 1.54) is 6.29 Å². The minimum atomic E-state index is -0.573. The highest BCUT2D eigenvalue weighted by atomic mass is 16.3. The Balaban J connectivity index is 3.19. The molecule has 0 bridgehead atoms. The second-order valence-corrected chi connectivity index (χ2v) is 1.51. The zero-order valence-corrected chi connectivity index (χ0v) is 4.77. The van der Waals surface area contributed by atoms with Crippen LogP contribution in [0.1, 0.15) is 5.56 Å². The van der Waals surface area contributed by atoms with E-state index < -0.39 is 11.9 Å². The van der Waals surface area contributed by atoms with E-state index >= 15 is 0 Å². The first-order valence-corrected chi connectivity index (χ1v) is 2.37. The van der Waals surface area contributed by atoms with Gasteiger partial charge in [-0.1, -0.05) is 0 Å². The Hall–Kier alpha value is -1.65. The summed E-state index contributed by atoms with van der Waals surface area (Å²) in [5.41, 5.74) is -0.169. The minimum absolute atomic E-state index is 0.169. The number of aromatic nitrogens is 2. The highest BCUT2D eigenvalue weighted by Crippen LogP contribution is 2.11. The summed E-state index contributed by atoms with van der Waals surface area (Å²) in [7, 11) is 0. The van der Waals surface area contributed by atoms with Crippen molar-refractivity contribution in [1.82, 2.24) is 9.97 Å². The van der Waals surface area contributed by atoms with Crippen molar-refractivity contribution >= 4 is 6.29 Å². The predicted octanol–water partition coefficient (Wildman–Crippen LogP) is -0.654. The summed E-state index contributed by atoms with van der Waals surface area (Å²) < 4.78 is 0. The van der Waals surface area contributed by atoms with Crippen LogP contribution in [0, 0.1) is 0 Å². The summed E-state index contributed by atoms with van der Waals surface area (Å²) in [5.74, 6) is -0.567. The Kier molecular flexibility index (Phi) is 1.49. The smallest absolute Gasteiger partial charge is 0.317 e. The van der Waals surface area contributed by atoms with Crippen molar-refractivity contribution in [3.63, 3.8) is 0 Å². The molecule has 0 aliphatic rings. The third-order valence-corrected chi connectivity index (χ3v) is 0.866. The van der Waals surface area contributed by atoms with Crippen molar-refractivity contribution in [3.05, 3.63) is 11.8 Å². The Morgan fingerprint density at radius 3 is 2.70 bits per heavy atom. The number of hydrogen-bond acceptors (Lipinski definition) is 5. The fourth-order valence-corrected chi connectivity index (χ4v) is 0.436. The van der Waals surface area contributed by atoms with Crippen LogP contribution in [0.15, 0.2) is 6.20 Å². The van der Waals surface area contributed by atoms with Crippen molar-refractivity contribution in [3.8, 4) is 11.9 Å². The van der Waals surface area contributed by atoms with Crippen molar-refractivity contribution in [2.24, 2.45) is 0 Å². The fourth-order valence-electron chi connectivity index (χ4n) is 0.436. The summed E-state index contributed by atoms with van der Waals surface area (Å²) >= 11 is 0. The molecule has 1 rings (SSSR count). The van der Waals surface area contributed by atoms with Crippen molar-refractivity contribution in [1.29, 1.82) is 0 Å². The summed E-state index contributed by atoms with van der Waals surface area (Å²) in [6, 6.07) is -0.573. The maximum absolute atomic E-state index is 9.89. The Bertz CT molecular complexity index is 261. The second kappa shape index (κ2) is 2.30.